The van der Waals surface area contributed by atoms with Crippen LogP contribution < -0.4 is 45.2 Å². The summed E-state index contributed by atoms with van der Waals surface area (Å²) in [5.74, 6) is 0.104. The van der Waals surface area contributed by atoms with Gasteiger partial charge in [-0.05, 0) is 211 Å². The molecule has 4 aromatic carbocycles. The number of hydrogen-bond donors (Lipinski definition) is 7. The smallest absolute Gasteiger partial charge is 1.00 e. The van der Waals surface area contributed by atoms with Crippen molar-refractivity contribution < 1.29 is 90.5 Å². The van der Waals surface area contributed by atoms with Crippen LogP contribution in [-0.2, 0) is 54.7 Å². The molecular weight excluding hydrogens is 1430 g/mol. The maximum absolute atomic E-state index is 11.9. The van der Waals surface area contributed by atoms with E-state index in [1.165, 1.54) is 5.56 Å². The van der Waals surface area contributed by atoms with Crippen molar-refractivity contribution in [3.05, 3.63) is 137 Å². The second kappa shape index (κ2) is 56.2. The Bertz CT molecular complexity index is 2190. The maximum Gasteiger partial charge on any atom is 1.00 e. The fourth-order valence-corrected chi connectivity index (χ4v) is 6.11. The van der Waals surface area contributed by atoms with Gasteiger partial charge in [-0.15, -0.1) is 24.8 Å². The molecule has 0 saturated heterocycles. The summed E-state index contributed by atoms with van der Waals surface area (Å²) in [5, 5.41) is 37.3. The van der Waals surface area contributed by atoms with Crippen LogP contribution in [0.1, 0.15) is 186 Å². The fourth-order valence-electron chi connectivity index (χ4n) is 3.61. The van der Waals surface area contributed by atoms with Crippen molar-refractivity contribution in [1.82, 2.24) is 4.72 Å². The van der Waals surface area contributed by atoms with Crippen molar-refractivity contribution in [2.45, 2.75) is 196 Å². The van der Waals surface area contributed by atoms with Gasteiger partial charge in [-0.25, -0.2) is 17.3 Å². The van der Waals surface area contributed by atoms with Gasteiger partial charge in [-0.2, -0.15) is 4.40 Å². The molecule has 0 aliphatic carbocycles. The summed E-state index contributed by atoms with van der Waals surface area (Å²) in [6, 6.07) is 31.5. The normalized spacial score (nSPS) is 12.2. The molecule has 12 nitrogen and oxygen atoms in total. The number of benzene rings is 4. The number of halogens is 6. The van der Waals surface area contributed by atoms with Gasteiger partial charge >= 0.3 is 29.6 Å². The number of ketones is 1. The molecule has 0 spiro atoms. The topological polar surface area (TPSA) is 226 Å². The van der Waals surface area contributed by atoms with Crippen molar-refractivity contribution in [3.8, 4) is 0 Å². The number of nitrogens with zero attached hydrogens (tertiary/aromatic N) is 1. The minimum absolute atomic E-state index is 0. The number of aliphatic hydroxyl groups excluding tert-OH is 4. The van der Waals surface area contributed by atoms with Gasteiger partial charge < -0.3 is 27.6 Å². The molecule has 0 amide bonds. The largest absolute Gasteiger partial charge is 1.00 e. The molecule has 9 N–H and O–H groups in total. The SMILES string of the molecule is CC(=N[S@@](=O)C(C)(C)C)c1ccc(Br)cc1.CC(=O)c1ccc(Br)cc1.CC(C)(C)[S@@](N)=O.CC(C)O.CC(C)O.CC(C)O.CC(C)O.C[C@H](N)c1ccc(Br)cc1.C[C@H](N[S@@](=O)C(C)(C)C)c1ccc(Br)cc1.Cl.Cl.[B].[H-].[Na+].[Ti]. The minimum Gasteiger partial charge on any atom is -1.00 e. The van der Waals surface area contributed by atoms with Crippen molar-refractivity contribution in [1.29, 1.82) is 0 Å². The number of aliphatic hydroxyl groups is 4. The number of carbonyl (C=O) groups excluding carboxylic acids is 1. The second-order valence-electron chi connectivity index (χ2n) is 20.5. The minimum atomic E-state index is -1.20. The van der Waals surface area contributed by atoms with Crippen LogP contribution in [0.3, 0.4) is 0 Å². The molecule has 3 radical (unpaired) electrons. The van der Waals surface area contributed by atoms with Crippen LogP contribution >= 0.6 is 88.5 Å². The molecule has 0 aromatic heterocycles. The second-order valence-corrected chi connectivity index (χ2v) is 29.9. The molecule has 0 saturated carbocycles. The molecule has 4 aromatic rings. The molecule has 5 atom stereocenters. The summed E-state index contributed by atoms with van der Waals surface area (Å²) in [6.07, 6.45) is -0.667. The zero-order chi connectivity index (χ0) is 60.2. The van der Waals surface area contributed by atoms with Gasteiger partial charge in [0.2, 0.25) is 0 Å². The number of nitrogens with two attached hydrogens (primary N) is 2. The molecular formula is C56H97BBr4Cl2N4NaO8S3Ti. The number of nitrogens with one attached hydrogen (secondary N) is 1. The average molecular weight is 1520 g/mol. The zero-order valence-electron chi connectivity index (χ0n) is 52.4. The third-order valence-corrected chi connectivity index (χ3v) is 14.0. The third kappa shape index (κ3) is 69.4. The quantitative estimate of drug-likeness (QED) is 0.0530. The Morgan fingerprint density at radius 1 is 0.525 bits per heavy atom. The fraction of sp³-hybridized carbons (Fsp3) is 0.536. The standard InChI is InChI=1S/C12H18BrNOS.C12H16BrNOS.C8H10BrN.C8H7BrO.C4H11NOS.4C3H8O.B.2ClH.Na.Ti.H/c2*1-9(14-16(15)12(2,3)4)10-5-7-11(13)8-6-10;2*1-6(10)7-2-4-8(9)5-3-7;1-4(2,3)7(5)6;4*1-3(2)4;;;;;;/h5-9,14H,1-4H3;5-8H,1-4H3;2-6H,10H2,1H3;2-5H,1H3;5H2,1-3H3;4*3-4H,1-2H3;;2*1H;;;/q;;;;;;;;;;;;+1;;-1/t9-,16-;16-;6-;;7-;;;;;;;;;;/m000.0........../s1. The first-order chi connectivity index (χ1) is 33.9. The Morgan fingerprint density at radius 3 is 0.975 bits per heavy atom. The molecule has 0 heterocycles. The van der Waals surface area contributed by atoms with Crippen LogP contribution in [0.2, 0.25) is 0 Å². The molecule has 0 bridgehead atoms. The van der Waals surface area contributed by atoms with Gasteiger partial charge in [0.25, 0.3) is 0 Å². The van der Waals surface area contributed by atoms with E-state index in [9.17, 15) is 17.4 Å². The predicted molar refractivity (Wildman–Crippen MR) is 362 cm³/mol. The molecule has 0 unspecified atom stereocenters. The molecule has 0 aliphatic rings. The first-order valence-corrected chi connectivity index (χ1v) is 30.9. The summed E-state index contributed by atoms with van der Waals surface area (Å²) in [4.78, 5) is 10.7. The summed E-state index contributed by atoms with van der Waals surface area (Å²) in [7, 11) is -3.41. The summed E-state index contributed by atoms with van der Waals surface area (Å²) in [6.45, 7) is 38.4. The van der Waals surface area contributed by atoms with Gasteiger partial charge in [-0.1, -0.05) is 112 Å². The first kappa shape index (κ1) is 103. The van der Waals surface area contributed by atoms with Crippen LogP contribution in [0, 0.1) is 0 Å². The van der Waals surface area contributed by atoms with E-state index in [0.29, 0.717) is 0 Å². The van der Waals surface area contributed by atoms with Gasteiger partial charge in [0.05, 0.1) is 41.9 Å². The summed E-state index contributed by atoms with van der Waals surface area (Å²) in [5.41, 5.74) is 10.5. The van der Waals surface area contributed by atoms with Gasteiger partial charge in [0.1, 0.15) is 11.0 Å². The van der Waals surface area contributed by atoms with E-state index in [0.717, 1.165) is 40.3 Å². The monoisotopic (exact) mass is 1520 g/mol. The van der Waals surface area contributed by atoms with E-state index < -0.39 is 33.0 Å². The molecule has 4 rings (SSSR count). The van der Waals surface area contributed by atoms with E-state index >= 15 is 0 Å². The summed E-state index contributed by atoms with van der Waals surface area (Å²) >= 11 is 13.4. The van der Waals surface area contributed by atoms with Crippen LogP contribution in [0.25, 0.3) is 0 Å². The van der Waals surface area contributed by atoms with E-state index in [2.05, 4.69) is 72.8 Å². The van der Waals surface area contributed by atoms with Crippen molar-refractivity contribution >= 4 is 141 Å². The molecule has 80 heavy (non-hydrogen) atoms. The first-order valence-electron chi connectivity index (χ1n) is 24.2. The predicted octanol–water partition coefficient (Wildman–Crippen LogP) is 11.9. The number of carbonyl (C=O) groups is 1. The third-order valence-electron chi connectivity index (χ3n) is 7.47. The molecule has 24 heteroatoms. The Balaban J connectivity index is -0.0000000786. The molecule has 0 fully saturated rings. The zero-order valence-corrected chi connectivity index (χ0v) is 65.3. The Labute approximate surface area is 578 Å². The van der Waals surface area contributed by atoms with Crippen LogP contribution in [-0.4, -0.2) is 91.6 Å². The van der Waals surface area contributed by atoms with E-state index in [1.807, 2.05) is 168 Å². The van der Waals surface area contributed by atoms with E-state index in [1.54, 1.807) is 74.4 Å². The Hall–Kier alpha value is 0.669. The number of rotatable bonds is 7. The van der Waals surface area contributed by atoms with Gasteiger partial charge in [0, 0.05) is 90.1 Å². The van der Waals surface area contributed by atoms with Crippen molar-refractivity contribution in [2.24, 2.45) is 15.3 Å². The number of Topliss-reactive ketones (excluding diaryl/α,β-unsaturated/α-hetero) is 1. The molecule has 457 valence electrons. The van der Waals surface area contributed by atoms with E-state index in [-0.39, 0.29) is 142 Å². The summed E-state index contributed by atoms with van der Waals surface area (Å²) < 4.78 is 44.8. The Morgan fingerprint density at radius 2 is 0.762 bits per heavy atom. The maximum atomic E-state index is 11.9. The molecule has 0 aliphatic heterocycles. The van der Waals surface area contributed by atoms with Crippen LogP contribution in [0.4, 0.5) is 0 Å². The van der Waals surface area contributed by atoms with Crippen LogP contribution in [0.15, 0.2) is 119 Å². The van der Waals surface area contributed by atoms with Crippen molar-refractivity contribution in [3.63, 3.8) is 0 Å². The Kier molecular flexibility index (Phi) is 72.0. The number of hydrogen-bond acceptors (Lipinski definition) is 9. The van der Waals surface area contributed by atoms with E-state index in [4.69, 9.17) is 31.3 Å². The van der Waals surface area contributed by atoms with Crippen LogP contribution in [0.5, 0.6) is 0 Å². The van der Waals surface area contributed by atoms with Gasteiger partial charge in [0.15, 0.2) is 5.78 Å². The van der Waals surface area contributed by atoms with Gasteiger partial charge in [-0.3, -0.25) is 9.93 Å². The average Bonchev–Trinajstić information content (AvgIpc) is 3.23. The van der Waals surface area contributed by atoms with Crippen molar-refractivity contribution in [2.75, 3.05) is 0 Å².